The fourth-order valence-corrected chi connectivity index (χ4v) is 1.43. The molecule has 0 aliphatic carbocycles. The molecule has 0 saturated carbocycles. The van der Waals surface area contributed by atoms with Crippen molar-refractivity contribution in [3.63, 3.8) is 0 Å². The summed E-state index contributed by atoms with van der Waals surface area (Å²) in [6, 6.07) is 1.29. The third-order valence-corrected chi connectivity index (χ3v) is 2.38. The Morgan fingerprint density at radius 3 is 1.85 bits per heavy atom. The molecule has 0 atom stereocenters. The van der Waals surface area contributed by atoms with Crippen molar-refractivity contribution < 1.29 is 19.5 Å². The number of benzene rings is 1. The molecule has 0 heterocycles. The van der Waals surface area contributed by atoms with Crippen LogP contribution in [0, 0.1) is 30.3 Å². The van der Waals surface area contributed by atoms with Crippen molar-refractivity contribution >= 4 is 17.1 Å². The number of nitro benzene ring substituents is 3. The summed E-state index contributed by atoms with van der Waals surface area (Å²) < 4.78 is 5.06. The summed E-state index contributed by atoms with van der Waals surface area (Å²) in [5, 5.41) is 32.4. The zero-order valence-corrected chi connectivity index (χ0v) is 10.5. The molecule has 0 radical (unpaired) electrons. The van der Waals surface area contributed by atoms with Crippen LogP contribution in [0.2, 0.25) is 0 Å². The van der Waals surface area contributed by atoms with Gasteiger partial charge in [0, 0.05) is 0 Å². The lowest BCUT2D eigenvalue weighted by molar-refractivity contribution is -0.404. The number of nitro groups is 3. The van der Waals surface area contributed by atoms with E-state index in [9.17, 15) is 30.3 Å². The van der Waals surface area contributed by atoms with Gasteiger partial charge in [-0.15, -0.1) is 0 Å². The van der Waals surface area contributed by atoms with Gasteiger partial charge >= 0.3 is 11.4 Å². The highest BCUT2D eigenvalue weighted by Crippen LogP contribution is 2.40. The highest BCUT2D eigenvalue weighted by atomic mass is 16.6. The van der Waals surface area contributed by atoms with Gasteiger partial charge in [-0.25, -0.2) is 0 Å². The van der Waals surface area contributed by atoms with Gasteiger partial charge in [-0.2, -0.15) is 0 Å². The molecule has 0 unspecified atom stereocenters. The topological polar surface area (TPSA) is 139 Å². The van der Waals surface area contributed by atoms with Crippen LogP contribution in [-0.2, 0) is 0 Å². The molecule has 0 spiro atoms. The van der Waals surface area contributed by atoms with E-state index < -0.39 is 37.6 Å². The molecule has 0 bridgehead atoms. The van der Waals surface area contributed by atoms with Crippen LogP contribution in [0.5, 0.6) is 5.75 Å². The van der Waals surface area contributed by atoms with E-state index in [2.05, 4.69) is 0 Å². The Morgan fingerprint density at radius 2 is 1.50 bits per heavy atom. The minimum atomic E-state index is -0.943. The Morgan fingerprint density at radius 1 is 1.00 bits per heavy atom. The number of hydrogen-bond donors (Lipinski definition) is 0. The molecule has 0 amide bonds. The van der Waals surface area contributed by atoms with Crippen molar-refractivity contribution in [3.8, 4) is 5.75 Å². The monoisotopic (exact) mass is 285 g/mol. The molecule has 108 valence electrons. The van der Waals surface area contributed by atoms with Gasteiger partial charge in [-0.1, -0.05) is 13.3 Å². The number of rotatable bonds is 7. The molecule has 0 aromatic heterocycles. The molecule has 0 saturated heterocycles. The molecule has 1 aromatic carbocycles. The van der Waals surface area contributed by atoms with E-state index >= 15 is 0 Å². The lowest BCUT2D eigenvalue weighted by atomic mass is 10.2. The SMILES string of the molecule is CCCCOc1c([N+](=O)[O-])cc([N+](=O)[O-])cc1[N+](=O)[O-]. The maximum atomic E-state index is 10.9. The van der Waals surface area contributed by atoms with Crippen molar-refractivity contribution in [1.82, 2.24) is 0 Å². The standard InChI is InChI=1S/C10H11N3O7/c1-2-3-4-20-10-8(12(16)17)5-7(11(14)15)6-9(10)13(18)19/h5-6H,2-4H2,1H3. The largest absolute Gasteiger partial charge is 0.482 e. The average Bonchev–Trinajstić information content (AvgIpc) is 2.37. The fraction of sp³-hybridized carbons (Fsp3) is 0.400. The highest BCUT2D eigenvalue weighted by molar-refractivity contribution is 5.65. The van der Waals surface area contributed by atoms with Crippen LogP contribution in [0.1, 0.15) is 19.8 Å². The lowest BCUT2D eigenvalue weighted by Crippen LogP contribution is -2.04. The summed E-state index contributed by atoms with van der Waals surface area (Å²) in [5.74, 6) is -0.556. The number of non-ortho nitro benzene ring substituents is 1. The normalized spacial score (nSPS) is 10.1. The van der Waals surface area contributed by atoms with Crippen LogP contribution in [-0.4, -0.2) is 21.4 Å². The van der Waals surface area contributed by atoms with Gasteiger partial charge in [-0.05, 0) is 6.42 Å². The second kappa shape index (κ2) is 6.41. The smallest absolute Gasteiger partial charge is 0.325 e. The molecular weight excluding hydrogens is 274 g/mol. The molecule has 10 heteroatoms. The third-order valence-electron chi connectivity index (χ3n) is 2.38. The maximum absolute atomic E-state index is 10.9. The molecule has 20 heavy (non-hydrogen) atoms. The quantitative estimate of drug-likeness (QED) is 0.426. The second-order valence-electron chi connectivity index (χ2n) is 3.79. The summed E-state index contributed by atoms with van der Waals surface area (Å²) in [4.78, 5) is 29.6. The molecule has 1 aromatic rings. The van der Waals surface area contributed by atoms with Crippen molar-refractivity contribution in [2.75, 3.05) is 6.61 Å². The Kier molecular flexibility index (Phi) is 4.89. The first-order valence-electron chi connectivity index (χ1n) is 5.62. The van der Waals surface area contributed by atoms with E-state index in [1.54, 1.807) is 0 Å². The number of unbranched alkanes of at least 4 members (excludes halogenated alkanes) is 1. The van der Waals surface area contributed by atoms with Gasteiger partial charge in [0.1, 0.15) is 0 Å². The molecule has 0 fully saturated rings. The zero-order valence-electron chi connectivity index (χ0n) is 10.5. The predicted octanol–water partition coefficient (Wildman–Crippen LogP) is 2.59. The van der Waals surface area contributed by atoms with Gasteiger partial charge in [0.2, 0.25) is 0 Å². The van der Waals surface area contributed by atoms with Crippen molar-refractivity contribution in [3.05, 3.63) is 42.5 Å². The first kappa shape index (κ1) is 15.3. The third kappa shape index (κ3) is 3.37. The van der Waals surface area contributed by atoms with Gasteiger partial charge in [-0.3, -0.25) is 30.3 Å². The Labute approximate surface area is 112 Å². The Hall–Kier alpha value is -2.78. The Balaban J connectivity index is 3.39. The zero-order chi connectivity index (χ0) is 15.3. The van der Waals surface area contributed by atoms with Crippen molar-refractivity contribution in [2.24, 2.45) is 0 Å². The van der Waals surface area contributed by atoms with E-state index in [0.717, 1.165) is 6.42 Å². The first-order valence-corrected chi connectivity index (χ1v) is 5.62. The second-order valence-corrected chi connectivity index (χ2v) is 3.79. The Bertz CT molecular complexity index is 523. The summed E-state index contributed by atoms with van der Waals surface area (Å²) in [6.45, 7) is 1.90. The molecule has 0 N–H and O–H groups in total. The van der Waals surface area contributed by atoms with Crippen molar-refractivity contribution in [1.29, 1.82) is 0 Å². The minimum absolute atomic E-state index is 0.0516. The summed E-state index contributed by atoms with van der Waals surface area (Å²) in [7, 11) is 0. The lowest BCUT2D eigenvalue weighted by Gasteiger charge is -2.06. The van der Waals surface area contributed by atoms with Gasteiger partial charge in [0.05, 0.1) is 33.5 Å². The van der Waals surface area contributed by atoms with Crippen LogP contribution in [0.25, 0.3) is 0 Å². The van der Waals surface area contributed by atoms with E-state index in [1.165, 1.54) is 0 Å². The van der Waals surface area contributed by atoms with E-state index in [4.69, 9.17) is 4.74 Å². The first-order chi connectivity index (χ1) is 9.38. The highest BCUT2D eigenvalue weighted by Gasteiger charge is 2.31. The van der Waals surface area contributed by atoms with Crippen LogP contribution in [0.4, 0.5) is 17.1 Å². The number of hydrogen-bond acceptors (Lipinski definition) is 7. The average molecular weight is 285 g/mol. The summed E-state index contributed by atoms with van der Waals surface area (Å²) >= 11 is 0. The maximum Gasteiger partial charge on any atom is 0.325 e. The van der Waals surface area contributed by atoms with Crippen molar-refractivity contribution in [2.45, 2.75) is 19.8 Å². The van der Waals surface area contributed by atoms with Crippen LogP contribution in [0.15, 0.2) is 12.1 Å². The van der Waals surface area contributed by atoms with E-state index in [-0.39, 0.29) is 6.61 Å². The van der Waals surface area contributed by atoms with E-state index in [1.807, 2.05) is 6.92 Å². The van der Waals surface area contributed by atoms with Gasteiger partial charge in [0.15, 0.2) is 0 Å². The van der Waals surface area contributed by atoms with Crippen LogP contribution in [0.3, 0.4) is 0 Å². The van der Waals surface area contributed by atoms with E-state index in [0.29, 0.717) is 18.6 Å². The van der Waals surface area contributed by atoms with Gasteiger partial charge in [0.25, 0.3) is 11.4 Å². The number of ether oxygens (including phenoxy) is 1. The molecule has 1 rings (SSSR count). The predicted molar refractivity (Wildman–Crippen MR) is 66.8 cm³/mol. The molecular formula is C10H11N3O7. The number of nitrogens with zero attached hydrogens (tertiary/aromatic N) is 3. The fourth-order valence-electron chi connectivity index (χ4n) is 1.43. The van der Waals surface area contributed by atoms with Gasteiger partial charge < -0.3 is 4.74 Å². The van der Waals surface area contributed by atoms with Crippen LogP contribution < -0.4 is 4.74 Å². The molecule has 0 aliphatic heterocycles. The van der Waals surface area contributed by atoms with Crippen LogP contribution >= 0.6 is 0 Å². The minimum Gasteiger partial charge on any atom is -0.482 e. The summed E-state index contributed by atoms with van der Waals surface area (Å²) in [6.07, 6.45) is 1.28. The summed E-state index contributed by atoms with van der Waals surface area (Å²) in [5.41, 5.74) is -2.31. The molecule has 10 nitrogen and oxygen atoms in total. The molecule has 0 aliphatic rings.